The monoisotopic (exact) mass is 299 g/mol. The highest BCUT2D eigenvalue weighted by Gasteiger charge is 2.20. The summed E-state index contributed by atoms with van der Waals surface area (Å²) >= 11 is 3.23. The number of aromatic nitrogens is 1. The van der Waals surface area contributed by atoms with Gasteiger partial charge in [0.1, 0.15) is 5.69 Å². The van der Waals surface area contributed by atoms with Gasteiger partial charge in [0.2, 0.25) is 5.91 Å². The molecule has 0 unspecified atom stereocenters. The van der Waals surface area contributed by atoms with Crippen molar-refractivity contribution >= 4 is 27.5 Å². The molecule has 2 rings (SSSR count). The second kappa shape index (κ2) is 5.46. The maximum Gasteiger partial charge on any atom is 0.271 e. The Balaban J connectivity index is 1.83. The van der Waals surface area contributed by atoms with Crippen molar-refractivity contribution < 1.29 is 4.79 Å². The molecule has 0 radical (unpaired) electrons. The van der Waals surface area contributed by atoms with Crippen LogP contribution in [0.5, 0.6) is 0 Å². The molecule has 1 saturated carbocycles. The van der Waals surface area contributed by atoms with Crippen LogP contribution in [-0.2, 0) is 4.79 Å². The second-order valence-corrected chi connectivity index (χ2v) is 5.10. The number of amides is 1. The lowest BCUT2D eigenvalue weighted by Gasteiger charge is -2.05. The van der Waals surface area contributed by atoms with Crippen molar-refractivity contribution in [2.24, 2.45) is 5.92 Å². The van der Waals surface area contributed by atoms with E-state index in [4.69, 9.17) is 0 Å². The zero-order chi connectivity index (χ0) is 12.3. The number of aromatic amines is 1. The number of halogens is 1. The third kappa shape index (κ3) is 3.98. The molecule has 0 saturated heterocycles. The van der Waals surface area contributed by atoms with Crippen LogP contribution < -0.4 is 16.2 Å². The van der Waals surface area contributed by atoms with E-state index in [0.717, 1.165) is 16.9 Å². The predicted octanol–water partition coefficient (Wildman–Crippen LogP) is 1.08. The quantitative estimate of drug-likeness (QED) is 0.761. The molecule has 5 nitrogen and oxygen atoms in total. The highest BCUT2D eigenvalue weighted by atomic mass is 79.9. The van der Waals surface area contributed by atoms with Gasteiger partial charge in [0.15, 0.2) is 0 Å². The number of H-pyrrole nitrogens is 1. The van der Waals surface area contributed by atoms with Crippen LogP contribution in [0.2, 0.25) is 0 Å². The largest absolute Gasteiger partial charge is 0.326 e. The van der Waals surface area contributed by atoms with Crippen molar-refractivity contribution in [1.82, 2.24) is 10.3 Å². The van der Waals surface area contributed by atoms with E-state index in [1.165, 1.54) is 19.0 Å². The van der Waals surface area contributed by atoms with Crippen molar-refractivity contribution in [2.45, 2.75) is 12.8 Å². The summed E-state index contributed by atoms with van der Waals surface area (Å²) in [6.45, 7) is 1.12. The summed E-state index contributed by atoms with van der Waals surface area (Å²) in [4.78, 5) is 25.4. The molecule has 0 spiro atoms. The van der Waals surface area contributed by atoms with Crippen LogP contribution >= 0.6 is 15.9 Å². The van der Waals surface area contributed by atoms with Crippen molar-refractivity contribution in [1.29, 1.82) is 0 Å². The Hall–Kier alpha value is -1.14. The van der Waals surface area contributed by atoms with Crippen LogP contribution in [0.25, 0.3) is 0 Å². The molecule has 1 fully saturated rings. The van der Waals surface area contributed by atoms with Crippen molar-refractivity contribution in [3.05, 3.63) is 27.1 Å². The third-order valence-electron chi connectivity index (χ3n) is 2.56. The first-order valence-electron chi connectivity index (χ1n) is 5.54. The van der Waals surface area contributed by atoms with Crippen LogP contribution in [-0.4, -0.2) is 24.0 Å². The van der Waals surface area contributed by atoms with Gasteiger partial charge in [-0.1, -0.05) is 0 Å². The average molecular weight is 300 g/mol. The van der Waals surface area contributed by atoms with E-state index in [-0.39, 0.29) is 23.7 Å². The lowest BCUT2D eigenvalue weighted by molar-refractivity contribution is -0.115. The number of pyridine rings is 1. The van der Waals surface area contributed by atoms with E-state index in [2.05, 4.69) is 31.5 Å². The fourth-order valence-electron chi connectivity index (χ4n) is 1.46. The van der Waals surface area contributed by atoms with E-state index in [0.29, 0.717) is 0 Å². The Labute approximate surface area is 107 Å². The summed E-state index contributed by atoms with van der Waals surface area (Å²) in [5.74, 6) is 0.534. The summed E-state index contributed by atoms with van der Waals surface area (Å²) in [5, 5.41) is 5.64. The number of carbonyl (C=O) groups excluding carboxylic acids is 1. The van der Waals surface area contributed by atoms with Gasteiger partial charge in [0.25, 0.3) is 5.56 Å². The van der Waals surface area contributed by atoms with Crippen LogP contribution in [0.1, 0.15) is 12.8 Å². The predicted molar refractivity (Wildman–Crippen MR) is 69.0 cm³/mol. The number of hydrogen-bond acceptors (Lipinski definition) is 3. The second-order valence-electron chi connectivity index (χ2n) is 4.18. The van der Waals surface area contributed by atoms with E-state index in [1.807, 2.05) is 0 Å². The molecule has 1 aliphatic carbocycles. The van der Waals surface area contributed by atoms with Crippen molar-refractivity contribution in [2.75, 3.05) is 18.4 Å². The van der Waals surface area contributed by atoms with E-state index >= 15 is 0 Å². The molecule has 0 atom stereocenters. The van der Waals surface area contributed by atoms with Gasteiger partial charge < -0.3 is 15.6 Å². The zero-order valence-electron chi connectivity index (χ0n) is 9.25. The van der Waals surface area contributed by atoms with Gasteiger partial charge in [-0.25, -0.2) is 0 Å². The van der Waals surface area contributed by atoms with Crippen molar-refractivity contribution in [3.8, 4) is 0 Å². The Morgan fingerprint density at radius 1 is 1.53 bits per heavy atom. The summed E-state index contributed by atoms with van der Waals surface area (Å²) in [5.41, 5.74) is -0.0404. The summed E-state index contributed by atoms with van der Waals surface area (Å²) in [6.07, 6.45) is 4.03. The minimum Gasteiger partial charge on any atom is -0.326 e. The minimum absolute atomic E-state index is 0.200. The van der Waals surface area contributed by atoms with Gasteiger partial charge in [-0.2, -0.15) is 0 Å². The Kier molecular flexibility index (Phi) is 3.96. The molecule has 1 aliphatic rings. The van der Waals surface area contributed by atoms with Crippen LogP contribution in [0, 0.1) is 5.92 Å². The Morgan fingerprint density at radius 2 is 2.29 bits per heavy atom. The number of anilines is 1. The molecule has 92 valence electrons. The van der Waals surface area contributed by atoms with Gasteiger partial charge >= 0.3 is 0 Å². The lowest BCUT2D eigenvalue weighted by Crippen LogP contribution is -2.31. The summed E-state index contributed by atoms with van der Waals surface area (Å²) in [7, 11) is 0. The molecule has 17 heavy (non-hydrogen) atoms. The molecule has 1 aromatic heterocycles. The lowest BCUT2D eigenvalue weighted by atomic mass is 10.4. The van der Waals surface area contributed by atoms with Gasteiger partial charge in [-0.15, -0.1) is 0 Å². The maximum atomic E-state index is 11.5. The van der Waals surface area contributed by atoms with Gasteiger partial charge in [-0.3, -0.25) is 9.59 Å². The normalized spacial score (nSPS) is 14.6. The molecule has 3 N–H and O–H groups in total. The number of carbonyl (C=O) groups is 1. The molecule has 0 bridgehead atoms. The molecular weight excluding hydrogens is 286 g/mol. The SMILES string of the molecule is O=C(CNCC1CC1)Nc1cc(Br)c[nH]c1=O. The highest BCUT2D eigenvalue weighted by Crippen LogP contribution is 2.27. The number of rotatable bonds is 5. The van der Waals surface area contributed by atoms with Crippen LogP contribution in [0.3, 0.4) is 0 Å². The summed E-state index contributed by atoms with van der Waals surface area (Å²) in [6, 6.07) is 1.58. The Bertz CT molecular complexity index is 468. The first-order valence-corrected chi connectivity index (χ1v) is 6.33. The fourth-order valence-corrected chi connectivity index (χ4v) is 1.80. The van der Waals surface area contributed by atoms with E-state index in [9.17, 15) is 9.59 Å². The fraction of sp³-hybridized carbons (Fsp3) is 0.455. The van der Waals surface area contributed by atoms with E-state index in [1.54, 1.807) is 6.07 Å². The van der Waals surface area contributed by atoms with Crippen LogP contribution in [0.4, 0.5) is 5.69 Å². The first kappa shape index (κ1) is 12.3. The molecule has 1 aromatic rings. The van der Waals surface area contributed by atoms with Gasteiger partial charge in [0.05, 0.1) is 6.54 Å². The standard InChI is InChI=1S/C11H14BrN3O2/c12-8-3-9(11(17)14-5-8)15-10(16)6-13-4-7-1-2-7/h3,5,7,13H,1-2,4,6H2,(H,14,17)(H,15,16). The molecule has 1 heterocycles. The first-order chi connectivity index (χ1) is 8.15. The molecular formula is C11H14BrN3O2. The highest BCUT2D eigenvalue weighted by molar-refractivity contribution is 9.10. The number of hydrogen-bond donors (Lipinski definition) is 3. The zero-order valence-corrected chi connectivity index (χ0v) is 10.8. The van der Waals surface area contributed by atoms with E-state index < -0.39 is 0 Å². The molecule has 1 amide bonds. The smallest absolute Gasteiger partial charge is 0.271 e. The Morgan fingerprint density at radius 3 is 3.00 bits per heavy atom. The van der Waals surface area contributed by atoms with Crippen LogP contribution in [0.15, 0.2) is 21.5 Å². The number of nitrogens with one attached hydrogen (secondary N) is 3. The maximum absolute atomic E-state index is 11.5. The average Bonchev–Trinajstić information content (AvgIpc) is 3.07. The minimum atomic E-state index is -0.302. The van der Waals surface area contributed by atoms with Gasteiger partial charge in [0, 0.05) is 10.7 Å². The molecule has 6 heteroatoms. The topological polar surface area (TPSA) is 74.0 Å². The van der Waals surface area contributed by atoms with Gasteiger partial charge in [-0.05, 0) is 47.3 Å². The molecule has 0 aromatic carbocycles. The third-order valence-corrected chi connectivity index (χ3v) is 3.02. The molecule has 0 aliphatic heterocycles. The summed E-state index contributed by atoms with van der Waals surface area (Å²) < 4.78 is 0.721. The van der Waals surface area contributed by atoms with Crippen molar-refractivity contribution in [3.63, 3.8) is 0 Å².